The first-order valence-electron chi connectivity index (χ1n) is 9.30. The van der Waals surface area contributed by atoms with E-state index in [2.05, 4.69) is 36.5 Å². The van der Waals surface area contributed by atoms with Crippen LogP contribution < -0.4 is 11.1 Å². The minimum atomic E-state index is -0.0804. The second-order valence-corrected chi connectivity index (χ2v) is 6.72. The molecule has 2 aromatic carbocycles. The van der Waals surface area contributed by atoms with Gasteiger partial charge in [-0.2, -0.15) is 0 Å². The maximum atomic E-state index is 12.8. The highest BCUT2D eigenvalue weighted by Crippen LogP contribution is 2.15. The molecule has 0 saturated carbocycles. The lowest BCUT2D eigenvalue weighted by atomic mass is 9.91. The molecule has 0 fully saturated rings. The van der Waals surface area contributed by atoms with Gasteiger partial charge >= 0.3 is 0 Å². The summed E-state index contributed by atoms with van der Waals surface area (Å²) in [6, 6.07) is 20.5. The molecular formula is C22H30N2O. The van der Waals surface area contributed by atoms with Gasteiger partial charge in [-0.1, -0.05) is 80.4 Å². The van der Waals surface area contributed by atoms with E-state index in [0.717, 1.165) is 32.1 Å². The number of carbonyl (C=O) groups excluding carboxylic acids is 1. The Morgan fingerprint density at radius 2 is 1.48 bits per heavy atom. The minimum absolute atomic E-state index is 0.0398. The molecule has 0 heterocycles. The molecule has 2 aromatic rings. The fraction of sp³-hybridized carbons (Fsp3) is 0.409. The second kappa shape index (κ2) is 10.7. The summed E-state index contributed by atoms with van der Waals surface area (Å²) in [5, 5.41) is 3.07. The monoisotopic (exact) mass is 338 g/mol. The van der Waals surface area contributed by atoms with E-state index in [9.17, 15) is 4.79 Å². The summed E-state index contributed by atoms with van der Waals surface area (Å²) in [6.07, 6.45) is 4.68. The third-order valence-corrected chi connectivity index (χ3v) is 4.49. The van der Waals surface area contributed by atoms with Crippen LogP contribution in [0.2, 0.25) is 0 Å². The highest BCUT2D eigenvalue weighted by Gasteiger charge is 2.20. The van der Waals surface area contributed by atoms with Crippen molar-refractivity contribution in [1.29, 1.82) is 0 Å². The third-order valence-electron chi connectivity index (χ3n) is 4.49. The van der Waals surface area contributed by atoms with Gasteiger partial charge in [-0.25, -0.2) is 0 Å². The van der Waals surface area contributed by atoms with E-state index < -0.39 is 0 Å². The largest absolute Gasteiger partial charge is 0.354 e. The molecule has 0 aliphatic carbocycles. The number of unbranched alkanes of at least 4 members (excludes halogenated alkanes) is 1. The van der Waals surface area contributed by atoms with E-state index >= 15 is 0 Å². The molecule has 1 amide bonds. The van der Waals surface area contributed by atoms with Crippen molar-refractivity contribution in [3.63, 3.8) is 0 Å². The molecule has 0 unspecified atom stereocenters. The summed E-state index contributed by atoms with van der Waals surface area (Å²) < 4.78 is 0. The molecule has 0 aromatic heterocycles. The Labute approximate surface area is 151 Å². The Morgan fingerprint density at radius 1 is 0.960 bits per heavy atom. The van der Waals surface area contributed by atoms with Gasteiger partial charge in [0.1, 0.15) is 0 Å². The lowest BCUT2D eigenvalue weighted by Gasteiger charge is -2.19. The van der Waals surface area contributed by atoms with Crippen molar-refractivity contribution >= 4 is 5.91 Å². The molecule has 3 heteroatoms. The maximum Gasteiger partial charge on any atom is 0.223 e. The molecule has 0 bridgehead atoms. The van der Waals surface area contributed by atoms with Crippen molar-refractivity contribution in [3.8, 4) is 0 Å². The summed E-state index contributed by atoms with van der Waals surface area (Å²) in [5.41, 5.74) is 8.48. The molecule has 3 N–H and O–H groups in total. The van der Waals surface area contributed by atoms with Crippen molar-refractivity contribution in [3.05, 3.63) is 71.8 Å². The number of amides is 1. The van der Waals surface area contributed by atoms with E-state index in [1.165, 1.54) is 11.1 Å². The van der Waals surface area contributed by atoms with Gasteiger partial charge < -0.3 is 11.1 Å². The summed E-state index contributed by atoms with van der Waals surface area (Å²) >= 11 is 0. The molecule has 0 saturated heterocycles. The van der Waals surface area contributed by atoms with Crippen LogP contribution in [0.15, 0.2) is 60.7 Å². The normalized spacial score (nSPS) is 12.1. The number of rotatable bonds is 10. The summed E-state index contributed by atoms with van der Waals surface area (Å²) in [6.45, 7) is 2.71. The Hall–Kier alpha value is -2.13. The van der Waals surface area contributed by atoms with Gasteiger partial charge in [0.2, 0.25) is 5.91 Å². The SMILES string of the molecule is CCCC[C@H](N)CNC(=O)C(Cc1ccccc1)Cc1ccccc1. The van der Waals surface area contributed by atoms with Gasteiger partial charge in [-0.05, 0) is 30.4 Å². The molecular weight excluding hydrogens is 308 g/mol. The average Bonchev–Trinajstić information content (AvgIpc) is 2.65. The van der Waals surface area contributed by atoms with E-state index in [-0.39, 0.29) is 17.9 Å². The second-order valence-electron chi connectivity index (χ2n) is 6.72. The number of nitrogens with one attached hydrogen (secondary N) is 1. The highest BCUT2D eigenvalue weighted by atomic mass is 16.1. The van der Waals surface area contributed by atoms with Crippen molar-refractivity contribution < 1.29 is 4.79 Å². The zero-order valence-electron chi connectivity index (χ0n) is 15.2. The molecule has 3 nitrogen and oxygen atoms in total. The van der Waals surface area contributed by atoms with Crippen molar-refractivity contribution in [2.75, 3.05) is 6.54 Å². The first kappa shape index (κ1) is 19.2. The summed E-state index contributed by atoms with van der Waals surface area (Å²) in [7, 11) is 0. The number of hydrogen-bond acceptors (Lipinski definition) is 2. The first-order valence-corrected chi connectivity index (χ1v) is 9.30. The van der Waals surface area contributed by atoms with E-state index in [1.807, 2.05) is 36.4 Å². The quantitative estimate of drug-likeness (QED) is 0.694. The Morgan fingerprint density at radius 3 is 1.96 bits per heavy atom. The third kappa shape index (κ3) is 7.10. The molecule has 0 aliphatic rings. The van der Waals surface area contributed by atoms with E-state index in [4.69, 9.17) is 5.73 Å². The predicted octanol–water partition coefficient (Wildman–Crippen LogP) is 3.72. The highest BCUT2D eigenvalue weighted by molar-refractivity contribution is 5.79. The van der Waals surface area contributed by atoms with Crippen molar-refractivity contribution in [2.24, 2.45) is 11.7 Å². The molecule has 134 valence electrons. The van der Waals surface area contributed by atoms with Gasteiger partial charge in [-0.15, -0.1) is 0 Å². The Bertz CT molecular complexity index is 571. The summed E-state index contributed by atoms with van der Waals surface area (Å²) in [4.78, 5) is 12.8. The lowest BCUT2D eigenvalue weighted by Crippen LogP contribution is -2.41. The fourth-order valence-corrected chi connectivity index (χ4v) is 3.00. The molecule has 25 heavy (non-hydrogen) atoms. The zero-order valence-corrected chi connectivity index (χ0v) is 15.2. The molecule has 2 rings (SSSR count). The Kier molecular flexibility index (Phi) is 8.20. The average molecular weight is 338 g/mol. The van der Waals surface area contributed by atoms with Crippen LogP contribution in [0, 0.1) is 5.92 Å². The first-order chi connectivity index (χ1) is 12.2. The number of hydrogen-bond donors (Lipinski definition) is 2. The molecule has 0 radical (unpaired) electrons. The van der Waals surface area contributed by atoms with E-state index in [1.54, 1.807) is 0 Å². The molecule has 1 atom stereocenters. The van der Waals surface area contributed by atoms with Gasteiger partial charge in [0, 0.05) is 18.5 Å². The smallest absolute Gasteiger partial charge is 0.223 e. The van der Waals surface area contributed by atoms with Gasteiger partial charge in [0.25, 0.3) is 0 Å². The molecule has 0 spiro atoms. The minimum Gasteiger partial charge on any atom is -0.354 e. The molecule has 0 aliphatic heterocycles. The van der Waals surface area contributed by atoms with Crippen LogP contribution in [-0.2, 0) is 17.6 Å². The van der Waals surface area contributed by atoms with Gasteiger partial charge in [-0.3, -0.25) is 4.79 Å². The van der Waals surface area contributed by atoms with Gasteiger partial charge in [0.05, 0.1) is 0 Å². The lowest BCUT2D eigenvalue weighted by molar-refractivity contribution is -0.125. The standard InChI is InChI=1S/C22H30N2O/c1-2-3-14-21(23)17-24-22(25)20(15-18-10-6-4-7-11-18)16-19-12-8-5-9-13-19/h4-13,20-21H,2-3,14-17,23H2,1H3,(H,24,25)/t21-/m0/s1. The van der Waals surface area contributed by atoms with Gasteiger partial charge in [0.15, 0.2) is 0 Å². The number of nitrogens with two attached hydrogens (primary N) is 1. The summed E-state index contributed by atoms with van der Waals surface area (Å²) in [5.74, 6) is 0.0165. The van der Waals surface area contributed by atoms with Crippen LogP contribution in [-0.4, -0.2) is 18.5 Å². The van der Waals surface area contributed by atoms with Crippen molar-refractivity contribution in [1.82, 2.24) is 5.32 Å². The number of carbonyl (C=O) groups is 1. The Balaban J connectivity index is 1.98. The van der Waals surface area contributed by atoms with Crippen LogP contribution in [0.4, 0.5) is 0 Å². The van der Waals surface area contributed by atoms with Crippen LogP contribution in [0.25, 0.3) is 0 Å². The van der Waals surface area contributed by atoms with Crippen LogP contribution in [0.3, 0.4) is 0 Å². The van der Waals surface area contributed by atoms with Crippen LogP contribution in [0.1, 0.15) is 37.3 Å². The predicted molar refractivity (Wildman–Crippen MR) is 104 cm³/mol. The van der Waals surface area contributed by atoms with Crippen LogP contribution >= 0.6 is 0 Å². The maximum absolute atomic E-state index is 12.8. The van der Waals surface area contributed by atoms with Crippen molar-refractivity contribution in [2.45, 2.75) is 45.1 Å². The van der Waals surface area contributed by atoms with Crippen LogP contribution in [0.5, 0.6) is 0 Å². The number of benzene rings is 2. The fourth-order valence-electron chi connectivity index (χ4n) is 3.00. The zero-order chi connectivity index (χ0) is 17.9. The topological polar surface area (TPSA) is 55.1 Å². The van der Waals surface area contributed by atoms with E-state index in [0.29, 0.717) is 6.54 Å².